The fourth-order valence-corrected chi connectivity index (χ4v) is 3.83. The van der Waals surface area contributed by atoms with Crippen LogP contribution in [0.1, 0.15) is 5.56 Å². The first kappa shape index (κ1) is 16.2. The lowest BCUT2D eigenvalue weighted by molar-refractivity contribution is 0.590. The van der Waals surface area contributed by atoms with Crippen LogP contribution < -0.4 is 10.0 Å². The van der Waals surface area contributed by atoms with Gasteiger partial charge in [-0.2, -0.15) is 0 Å². The van der Waals surface area contributed by atoms with Crippen LogP contribution in [-0.2, 0) is 10.0 Å². The first-order valence-corrected chi connectivity index (χ1v) is 9.86. The molecule has 1 aromatic carbocycles. The van der Waals surface area contributed by atoms with Gasteiger partial charge >= 0.3 is 0 Å². The molecule has 1 aromatic heterocycles. The van der Waals surface area contributed by atoms with Crippen molar-refractivity contribution >= 4 is 43.9 Å². The molecule has 0 aliphatic rings. The Balaban J connectivity index is 1.84. The molecule has 9 heteroatoms. The van der Waals surface area contributed by atoms with E-state index in [1.165, 1.54) is 28.7 Å². The Kier molecular flexibility index (Phi) is 5.57. The van der Waals surface area contributed by atoms with Gasteiger partial charge in [0.25, 0.3) is 0 Å². The maximum Gasteiger partial charge on any atom is 0.210 e. The van der Waals surface area contributed by atoms with Crippen molar-refractivity contribution in [2.75, 3.05) is 23.9 Å². The lowest BCUT2D eigenvalue weighted by atomic mass is 10.2. The summed E-state index contributed by atoms with van der Waals surface area (Å²) in [7, 11) is -3.13. The number of nitrogens with zero attached hydrogens (tertiary/aromatic N) is 2. The van der Waals surface area contributed by atoms with E-state index in [2.05, 4.69) is 20.2 Å². The average molecular weight is 344 g/mol. The van der Waals surface area contributed by atoms with E-state index in [1.807, 2.05) is 31.2 Å². The van der Waals surface area contributed by atoms with Gasteiger partial charge in [0.15, 0.2) is 4.34 Å². The highest BCUT2D eigenvalue weighted by molar-refractivity contribution is 8.01. The van der Waals surface area contributed by atoms with Crippen LogP contribution in [0.4, 0.5) is 10.8 Å². The molecule has 0 spiro atoms. The SMILES string of the molecule is Cc1cccc(Nc2nnc(SCCNS(C)(=O)=O)s2)c1. The molecule has 2 aromatic rings. The van der Waals surface area contributed by atoms with E-state index >= 15 is 0 Å². The van der Waals surface area contributed by atoms with E-state index in [0.717, 1.165) is 21.4 Å². The fourth-order valence-electron chi connectivity index (χ4n) is 1.53. The second-order valence-corrected chi connectivity index (χ2v) is 8.54. The molecule has 6 nitrogen and oxygen atoms in total. The van der Waals surface area contributed by atoms with Crippen LogP contribution in [-0.4, -0.2) is 37.2 Å². The van der Waals surface area contributed by atoms with Crippen molar-refractivity contribution < 1.29 is 8.42 Å². The third kappa shape index (κ3) is 6.00. The molecular weight excluding hydrogens is 328 g/mol. The topological polar surface area (TPSA) is 84.0 Å². The quantitative estimate of drug-likeness (QED) is 0.592. The number of benzene rings is 1. The molecule has 0 aliphatic heterocycles. The lowest BCUT2D eigenvalue weighted by Gasteiger charge is -2.02. The number of thioether (sulfide) groups is 1. The predicted octanol–water partition coefficient (Wildman–Crippen LogP) is 2.23. The van der Waals surface area contributed by atoms with E-state index in [9.17, 15) is 8.42 Å². The van der Waals surface area contributed by atoms with Gasteiger partial charge in [0.2, 0.25) is 15.2 Å². The predicted molar refractivity (Wildman–Crippen MR) is 87.9 cm³/mol. The Morgan fingerprint density at radius 3 is 2.86 bits per heavy atom. The molecule has 0 unspecified atom stereocenters. The van der Waals surface area contributed by atoms with Gasteiger partial charge in [-0.1, -0.05) is 35.2 Å². The van der Waals surface area contributed by atoms with Crippen LogP contribution in [0.15, 0.2) is 28.6 Å². The third-order valence-corrected chi connectivity index (χ3v) is 5.07. The number of aryl methyl sites for hydroxylation is 1. The highest BCUT2D eigenvalue weighted by Crippen LogP contribution is 2.27. The summed E-state index contributed by atoms with van der Waals surface area (Å²) in [4.78, 5) is 0. The highest BCUT2D eigenvalue weighted by Gasteiger charge is 2.06. The second kappa shape index (κ2) is 7.21. The number of rotatable bonds is 7. The van der Waals surface area contributed by atoms with Gasteiger partial charge in [0.05, 0.1) is 6.26 Å². The van der Waals surface area contributed by atoms with Crippen molar-refractivity contribution in [2.45, 2.75) is 11.3 Å². The van der Waals surface area contributed by atoms with Gasteiger partial charge in [-0.15, -0.1) is 10.2 Å². The zero-order valence-corrected chi connectivity index (χ0v) is 14.1. The minimum absolute atomic E-state index is 0.379. The first-order valence-electron chi connectivity index (χ1n) is 6.17. The van der Waals surface area contributed by atoms with Gasteiger partial charge < -0.3 is 5.32 Å². The Bertz CT molecular complexity index is 700. The summed E-state index contributed by atoms with van der Waals surface area (Å²) in [5.41, 5.74) is 2.15. The Hall–Kier alpha value is -1.16. The highest BCUT2D eigenvalue weighted by atomic mass is 32.2. The van der Waals surface area contributed by atoms with Crippen LogP contribution in [0, 0.1) is 6.92 Å². The molecule has 2 N–H and O–H groups in total. The van der Waals surface area contributed by atoms with Crippen molar-refractivity contribution in [1.29, 1.82) is 0 Å². The van der Waals surface area contributed by atoms with Gasteiger partial charge in [-0.25, -0.2) is 13.1 Å². The number of nitrogens with one attached hydrogen (secondary N) is 2. The van der Waals surface area contributed by atoms with Crippen LogP contribution in [0.3, 0.4) is 0 Å². The van der Waals surface area contributed by atoms with Crippen LogP contribution >= 0.6 is 23.1 Å². The fraction of sp³-hybridized carbons (Fsp3) is 0.333. The van der Waals surface area contributed by atoms with E-state index in [1.54, 1.807) is 0 Å². The van der Waals surface area contributed by atoms with Crippen molar-refractivity contribution in [1.82, 2.24) is 14.9 Å². The summed E-state index contributed by atoms with van der Waals surface area (Å²) in [5, 5.41) is 12.0. The summed E-state index contributed by atoms with van der Waals surface area (Å²) in [6, 6.07) is 8.01. The molecular formula is C12H16N4O2S3. The summed E-state index contributed by atoms with van der Waals surface area (Å²) in [6.45, 7) is 2.41. The average Bonchev–Trinajstić information content (AvgIpc) is 2.81. The number of hydrogen-bond acceptors (Lipinski definition) is 7. The van der Waals surface area contributed by atoms with Crippen molar-refractivity contribution in [3.05, 3.63) is 29.8 Å². The second-order valence-electron chi connectivity index (χ2n) is 4.38. The number of sulfonamides is 1. The van der Waals surface area contributed by atoms with Crippen LogP contribution in [0.25, 0.3) is 0 Å². The standard InChI is InChI=1S/C12H16N4O2S3/c1-9-4-3-5-10(8-9)14-11-15-16-12(20-11)19-7-6-13-21(2,17)18/h3-5,8,13H,6-7H2,1-2H3,(H,14,15). The monoisotopic (exact) mass is 344 g/mol. The minimum atomic E-state index is -3.13. The minimum Gasteiger partial charge on any atom is -0.330 e. The van der Waals surface area contributed by atoms with E-state index in [4.69, 9.17) is 0 Å². The molecule has 0 saturated carbocycles. The van der Waals surface area contributed by atoms with Crippen molar-refractivity contribution in [3.8, 4) is 0 Å². The van der Waals surface area contributed by atoms with Gasteiger partial charge in [0, 0.05) is 18.0 Å². The van der Waals surface area contributed by atoms with Crippen molar-refractivity contribution in [3.63, 3.8) is 0 Å². The normalized spacial score (nSPS) is 11.5. The van der Waals surface area contributed by atoms with Crippen molar-refractivity contribution in [2.24, 2.45) is 0 Å². The zero-order chi connectivity index (χ0) is 15.3. The van der Waals surface area contributed by atoms with E-state index < -0.39 is 10.0 Å². The number of hydrogen-bond donors (Lipinski definition) is 2. The molecule has 114 valence electrons. The van der Waals surface area contributed by atoms with E-state index in [-0.39, 0.29) is 0 Å². The zero-order valence-electron chi connectivity index (χ0n) is 11.7. The lowest BCUT2D eigenvalue weighted by Crippen LogP contribution is -2.24. The van der Waals surface area contributed by atoms with Gasteiger partial charge in [0.1, 0.15) is 0 Å². The van der Waals surface area contributed by atoms with Gasteiger partial charge in [-0.3, -0.25) is 0 Å². The van der Waals surface area contributed by atoms with Gasteiger partial charge in [-0.05, 0) is 24.6 Å². The molecule has 0 aliphatic carbocycles. The third-order valence-electron chi connectivity index (χ3n) is 2.37. The summed E-state index contributed by atoms with van der Waals surface area (Å²) in [6.07, 6.45) is 1.15. The summed E-state index contributed by atoms with van der Waals surface area (Å²) in [5.74, 6) is 0.617. The summed E-state index contributed by atoms with van der Waals surface area (Å²) >= 11 is 2.92. The number of anilines is 2. The largest absolute Gasteiger partial charge is 0.330 e. The maximum absolute atomic E-state index is 10.9. The summed E-state index contributed by atoms with van der Waals surface area (Å²) < 4.78 is 25.1. The smallest absolute Gasteiger partial charge is 0.210 e. The first-order chi connectivity index (χ1) is 9.92. The molecule has 21 heavy (non-hydrogen) atoms. The Labute approximate surface area is 132 Å². The Morgan fingerprint density at radius 1 is 1.33 bits per heavy atom. The molecule has 0 bridgehead atoms. The molecule has 2 rings (SSSR count). The molecule has 1 heterocycles. The maximum atomic E-state index is 10.9. The number of aromatic nitrogens is 2. The Morgan fingerprint density at radius 2 is 2.14 bits per heavy atom. The molecule has 0 radical (unpaired) electrons. The molecule has 0 saturated heterocycles. The van der Waals surface area contributed by atoms with E-state index in [0.29, 0.717) is 12.3 Å². The van der Waals surface area contributed by atoms with Crippen LogP contribution in [0.5, 0.6) is 0 Å². The molecule has 0 atom stereocenters. The molecule has 0 amide bonds. The molecule has 0 fully saturated rings. The van der Waals surface area contributed by atoms with Crippen LogP contribution in [0.2, 0.25) is 0 Å².